The highest BCUT2D eigenvalue weighted by atomic mass is 16.6. The van der Waals surface area contributed by atoms with Crippen LogP contribution in [0.1, 0.15) is 32.3 Å². The van der Waals surface area contributed by atoms with Crippen LogP contribution in [0.4, 0.5) is 0 Å². The summed E-state index contributed by atoms with van der Waals surface area (Å²) < 4.78 is 4.71. The Kier molecular flexibility index (Phi) is 3.97. The Morgan fingerprint density at radius 2 is 1.69 bits per heavy atom. The summed E-state index contributed by atoms with van der Waals surface area (Å²) in [6.07, 6.45) is 0.583. The molecular formula is C12H18O. The topological polar surface area (TPSA) is 12.5 Å². The molecule has 1 aliphatic heterocycles. The van der Waals surface area contributed by atoms with Crippen molar-refractivity contribution >= 4 is 0 Å². The Morgan fingerprint density at radius 1 is 1.23 bits per heavy atom. The van der Waals surface area contributed by atoms with Gasteiger partial charge in [-0.2, -0.15) is 0 Å². The fourth-order valence-electron chi connectivity index (χ4n) is 0.934. The lowest BCUT2D eigenvalue weighted by Gasteiger charge is -2.01. The lowest BCUT2D eigenvalue weighted by molar-refractivity contribution is 0.423. The van der Waals surface area contributed by atoms with Crippen LogP contribution in [0.25, 0.3) is 0 Å². The molecular weight excluding hydrogens is 160 g/mol. The number of benzene rings is 1. The van der Waals surface area contributed by atoms with Gasteiger partial charge >= 0.3 is 0 Å². The fourth-order valence-corrected chi connectivity index (χ4v) is 0.934. The van der Waals surface area contributed by atoms with E-state index in [1.165, 1.54) is 5.56 Å². The monoisotopic (exact) mass is 178 g/mol. The molecule has 13 heavy (non-hydrogen) atoms. The summed E-state index contributed by atoms with van der Waals surface area (Å²) in [5.41, 5.74) is 1.41. The second-order valence-electron chi connectivity index (χ2n) is 3.71. The highest BCUT2D eigenvalue weighted by molar-refractivity contribution is 5.17. The van der Waals surface area contributed by atoms with Crippen LogP contribution in [0.3, 0.4) is 0 Å². The van der Waals surface area contributed by atoms with Crippen molar-refractivity contribution in [2.75, 3.05) is 6.61 Å². The van der Waals surface area contributed by atoms with E-state index < -0.39 is 0 Å². The Bertz CT molecular complexity index is 224. The van der Waals surface area contributed by atoms with E-state index in [9.17, 15) is 0 Å². The van der Waals surface area contributed by atoms with E-state index in [2.05, 4.69) is 45.0 Å². The molecule has 1 nitrogen and oxygen atoms in total. The molecule has 1 aromatic carbocycles. The van der Waals surface area contributed by atoms with Crippen LogP contribution < -0.4 is 0 Å². The van der Waals surface area contributed by atoms with E-state index in [0.717, 1.165) is 6.61 Å². The normalized spacial score (nSPS) is 19.2. The van der Waals surface area contributed by atoms with Gasteiger partial charge in [-0.05, 0) is 18.4 Å². The van der Waals surface area contributed by atoms with Gasteiger partial charge in [0.15, 0.2) is 0 Å². The van der Waals surface area contributed by atoms with Gasteiger partial charge in [0.25, 0.3) is 0 Å². The molecule has 1 aromatic rings. The number of epoxide rings is 1. The van der Waals surface area contributed by atoms with E-state index >= 15 is 0 Å². The van der Waals surface area contributed by atoms with E-state index in [1.807, 2.05) is 6.07 Å². The maximum Gasteiger partial charge on any atom is 0.0781 e. The lowest BCUT2D eigenvalue weighted by Crippen LogP contribution is -1.83. The van der Waals surface area contributed by atoms with Crippen LogP contribution in [0.15, 0.2) is 30.3 Å². The molecule has 1 heteroatoms. The summed E-state index contributed by atoms with van der Waals surface area (Å²) in [5, 5.41) is 0. The van der Waals surface area contributed by atoms with E-state index in [4.69, 9.17) is 4.74 Å². The van der Waals surface area contributed by atoms with Gasteiger partial charge < -0.3 is 4.74 Å². The quantitative estimate of drug-likeness (QED) is 0.601. The van der Waals surface area contributed by atoms with Crippen LogP contribution >= 0.6 is 0 Å². The zero-order valence-corrected chi connectivity index (χ0v) is 8.66. The van der Waals surface area contributed by atoms with Crippen molar-refractivity contribution in [3.63, 3.8) is 0 Å². The maximum absolute atomic E-state index is 4.71. The fraction of sp³-hybridized carbons (Fsp3) is 0.500. The Balaban J connectivity index is 0.000000175. The van der Waals surface area contributed by atoms with Crippen LogP contribution in [0.2, 0.25) is 0 Å². The predicted molar refractivity (Wildman–Crippen MR) is 55.9 cm³/mol. The van der Waals surface area contributed by atoms with E-state index in [1.54, 1.807) is 0 Å². The smallest absolute Gasteiger partial charge is 0.0781 e. The van der Waals surface area contributed by atoms with Gasteiger partial charge in [-0.1, -0.05) is 44.2 Å². The number of rotatable bonds is 1. The van der Waals surface area contributed by atoms with Crippen molar-refractivity contribution in [3.8, 4) is 0 Å². The molecule has 0 N–H and O–H groups in total. The molecule has 1 heterocycles. The summed E-state index contributed by atoms with van der Waals surface area (Å²) >= 11 is 0. The Morgan fingerprint density at radius 3 is 1.92 bits per heavy atom. The highest BCUT2D eigenvalue weighted by Crippen LogP contribution is 2.11. The lowest BCUT2D eigenvalue weighted by atomic mass is 10.0. The standard InChI is InChI=1S/C9H12.C3H6O/c1-8(2)9-6-4-3-5-7-9;1-3-2-4-3/h3-8H,1-2H3;3H,2H2,1H3. The SMILES string of the molecule is CC(C)c1ccccc1.CC1CO1. The van der Waals surface area contributed by atoms with Gasteiger partial charge in [-0.3, -0.25) is 0 Å². The number of hydrogen-bond acceptors (Lipinski definition) is 1. The summed E-state index contributed by atoms with van der Waals surface area (Å²) in [6, 6.07) is 10.5. The first-order valence-electron chi connectivity index (χ1n) is 4.86. The largest absolute Gasteiger partial charge is 0.373 e. The van der Waals surface area contributed by atoms with Gasteiger partial charge in [-0.25, -0.2) is 0 Å². The molecule has 1 atom stereocenters. The Labute approximate surface area is 80.7 Å². The van der Waals surface area contributed by atoms with Crippen molar-refractivity contribution in [2.45, 2.75) is 32.8 Å². The van der Waals surface area contributed by atoms with Crippen LogP contribution in [0.5, 0.6) is 0 Å². The molecule has 1 aliphatic rings. The van der Waals surface area contributed by atoms with Gasteiger partial charge in [0.2, 0.25) is 0 Å². The molecule has 1 fully saturated rings. The maximum atomic E-state index is 4.71. The zero-order chi connectivity index (χ0) is 9.68. The van der Waals surface area contributed by atoms with Crippen molar-refractivity contribution in [3.05, 3.63) is 35.9 Å². The average Bonchev–Trinajstić information content (AvgIpc) is 2.90. The minimum absolute atomic E-state index is 0.583. The molecule has 1 unspecified atom stereocenters. The third-order valence-electron chi connectivity index (χ3n) is 1.97. The molecule has 0 saturated carbocycles. The van der Waals surface area contributed by atoms with Gasteiger partial charge in [-0.15, -0.1) is 0 Å². The van der Waals surface area contributed by atoms with Gasteiger partial charge in [0.05, 0.1) is 12.7 Å². The number of hydrogen-bond donors (Lipinski definition) is 0. The second-order valence-corrected chi connectivity index (χ2v) is 3.71. The van der Waals surface area contributed by atoms with Crippen molar-refractivity contribution < 1.29 is 4.74 Å². The predicted octanol–water partition coefficient (Wildman–Crippen LogP) is 3.22. The van der Waals surface area contributed by atoms with Crippen molar-refractivity contribution in [1.29, 1.82) is 0 Å². The summed E-state index contributed by atoms with van der Waals surface area (Å²) in [4.78, 5) is 0. The first-order valence-corrected chi connectivity index (χ1v) is 4.86. The van der Waals surface area contributed by atoms with Crippen LogP contribution in [-0.4, -0.2) is 12.7 Å². The molecule has 0 aromatic heterocycles. The van der Waals surface area contributed by atoms with Gasteiger partial charge in [0, 0.05) is 0 Å². The minimum Gasteiger partial charge on any atom is -0.373 e. The molecule has 0 aliphatic carbocycles. The molecule has 0 radical (unpaired) electrons. The Hall–Kier alpha value is -0.820. The minimum atomic E-state index is 0.583. The molecule has 0 spiro atoms. The summed E-state index contributed by atoms with van der Waals surface area (Å²) in [5.74, 6) is 0.659. The highest BCUT2D eigenvalue weighted by Gasteiger charge is 2.13. The van der Waals surface area contributed by atoms with Crippen LogP contribution in [-0.2, 0) is 4.74 Å². The molecule has 0 amide bonds. The van der Waals surface area contributed by atoms with E-state index in [-0.39, 0.29) is 0 Å². The summed E-state index contributed by atoms with van der Waals surface area (Å²) in [7, 11) is 0. The zero-order valence-electron chi connectivity index (χ0n) is 8.66. The first-order chi connectivity index (χ1) is 6.20. The molecule has 2 rings (SSSR count). The number of ether oxygens (including phenoxy) is 1. The van der Waals surface area contributed by atoms with Crippen molar-refractivity contribution in [2.24, 2.45) is 0 Å². The second kappa shape index (κ2) is 5.03. The van der Waals surface area contributed by atoms with Gasteiger partial charge in [0.1, 0.15) is 0 Å². The van der Waals surface area contributed by atoms with Crippen molar-refractivity contribution in [1.82, 2.24) is 0 Å². The third-order valence-corrected chi connectivity index (χ3v) is 1.97. The third kappa shape index (κ3) is 4.69. The molecule has 1 saturated heterocycles. The van der Waals surface area contributed by atoms with Crippen LogP contribution in [0, 0.1) is 0 Å². The first kappa shape index (κ1) is 10.3. The molecule has 72 valence electrons. The van der Waals surface area contributed by atoms with E-state index in [0.29, 0.717) is 12.0 Å². The average molecular weight is 178 g/mol. The summed E-state index contributed by atoms with van der Waals surface area (Å²) in [6.45, 7) is 7.45. The molecule has 0 bridgehead atoms.